The number of hydrogen-bond acceptors (Lipinski definition) is 3. The smallest absolute Gasteiger partial charge is 0.139 e. The van der Waals surface area contributed by atoms with Gasteiger partial charge in [-0.3, -0.25) is 9.48 Å². The Kier molecular flexibility index (Phi) is 4.68. The van der Waals surface area contributed by atoms with Crippen LogP contribution in [0, 0.1) is 12.8 Å². The van der Waals surface area contributed by atoms with E-state index in [2.05, 4.69) is 12.0 Å². The molecule has 1 atom stereocenters. The molecule has 0 bridgehead atoms. The molecule has 90 valence electrons. The number of ketones is 1. The second kappa shape index (κ2) is 5.80. The van der Waals surface area contributed by atoms with E-state index in [0.29, 0.717) is 25.3 Å². The highest BCUT2D eigenvalue weighted by atomic mass is 16.1. The Morgan fingerprint density at radius 2 is 2.31 bits per heavy atom. The van der Waals surface area contributed by atoms with Crippen LogP contribution in [0.15, 0.2) is 6.07 Å². The summed E-state index contributed by atoms with van der Waals surface area (Å²) in [5.41, 5.74) is 7.52. The number of Topliss-reactive ketones (excluding diaryl/α,β-unsaturated/α-hetero) is 1. The topological polar surface area (TPSA) is 60.9 Å². The van der Waals surface area contributed by atoms with Crippen LogP contribution in [0.4, 0.5) is 0 Å². The van der Waals surface area contributed by atoms with Crippen molar-refractivity contribution in [1.29, 1.82) is 0 Å². The molecule has 0 aliphatic heterocycles. The van der Waals surface area contributed by atoms with Crippen LogP contribution in [-0.2, 0) is 18.3 Å². The van der Waals surface area contributed by atoms with Crippen molar-refractivity contribution in [2.45, 2.75) is 33.1 Å². The van der Waals surface area contributed by atoms with Crippen molar-refractivity contribution < 1.29 is 4.79 Å². The molecule has 0 fully saturated rings. The molecule has 4 heteroatoms. The van der Waals surface area contributed by atoms with Crippen LogP contribution >= 0.6 is 0 Å². The van der Waals surface area contributed by atoms with Gasteiger partial charge >= 0.3 is 0 Å². The van der Waals surface area contributed by atoms with Gasteiger partial charge in [-0.15, -0.1) is 0 Å². The van der Waals surface area contributed by atoms with Gasteiger partial charge in [0.2, 0.25) is 0 Å². The summed E-state index contributed by atoms with van der Waals surface area (Å²) in [5, 5.41) is 4.22. The zero-order valence-corrected chi connectivity index (χ0v) is 10.4. The fourth-order valence-corrected chi connectivity index (χ4v) is 1.82. The molecule has 1 rings (SSSR count). The predicted molar refractivity (Wildman–Crippen MR) is 64.1 cm³/mol. The van der Waals surface area contributed by atoms with E-state index in [-0.39, 0.29) is 5.78 Å². The number of carbonyl (C=O) groups excluding carboxylic acids is 1. The molecule has 0 spiro atoms. The van der Waals surface area contributed by atoms with Crippen LogP contribution < -0.4 is 5.73 Å². The van der Waals surface area contributed by atoms with E-state index in [1.807, 2.05) is 20.0 Å². The fourth-order valence-electron chi connectivity index (χ4n) is 1.82. The van der Waals surface area contributed by atoms with E-state index < -0.39 is 0 Å². The summed E-state index contributed by atoms with van der Waals surface area (Å²) in [4.78, 5) is 11.8. The van der Waals surface area contributed by atoms with E-state index >= 15 is 0 Å². The van der Waals surface area contributed by atoms with Crippen molar-refractivity contribution in [2.75, 3.05) is 6.54 Å². The normalized spacial score (nSPS) is 12.8. The highest BCUT2D eigenvalue weighted by Crippen LogP contribution is 2.10. The van der Waals surface area contributed by atoms with Crippen LogP contribution in [0.25, 0.3) is 0 Å². The maximum Gasteiger partial charge on any atom is 0.139 e. The number of nitrogens with two attached hydrogens (primary N) is 1. The number of rotatable bonds is 6. The summed E-state index contributed by atoms with van der Waals surface area (Å²) in [6, 6.07) is 1.96. The summed E-state index contributed by atoms with van der Waals surface area (Å²) >= 11 is 0. The minimum Gasteiger partial charge on any atom is -0.330 e. The second-order valence-electron chi connectivity index (χ2n) is 4.33. The summed E-state index contributed by atoms with van der Waals surface area (Å²) < 4.78 is 1.77. The van der Waals surface area contributed by atoms with Crippen LogP contribution in [0.3, 0.4) is 0 Å². The van der Waals surface area contributed by atoms with Crippen molar-refractivity contribution in [2.24, 2.45) is 18.7 Å². The summed E-state index contributed by atoms with van der Waals surface area (Å²) in [7, 11) is 1.87. The number of aromatic nitrogens is 2. The van der Waals surface area contributed by atoms with Crippen molar-refractivity contribution in [1.82, 2.24) is 9.78 Å². The molecule has 4 nitrogen and oxygen atoms in total. The molecule has 1 unspecified atom stereocenters. The average Bonchev–Trinajstić information content (AvgIpc) is 2.54. The van der Waals surface area contributed by atoms with Crippen LogP contribution in [0.1, 0.15) is 31.2 Å². The van der Waals surface area contributed by atoms with Crippen LogP contribution in [0.2, 0.25) is 0 Å². The highest BCUT2D eigenvalue weighted by Gasteiger charge is 2.13. The molecule has 1 heterocycles. The summed E-state index contributed by atoms with van der Waals surface area (Å²) in [5.74, 6) is 0.571. The first-order chi connectivity index (χ1) is 7.56. The number of hydrogen-bond donors (Lipinski definition) is 1. The largest absolute Gasteiger partial charge is 0.330 e. The first-order valence-corrected chi connectivity index (χ1v) is 5.78. The monoisotopic (exact) mass is 223 g/mol. The van der Waals surface area contributed by atoms with E-state index in [9.17, 15) is 4.79 Å². The van der Waals surface area contributed by atoms with Gasteiger partial charge in [0, 0.05) is 25.6 Å². The molecule has 0 aliphatic carbocycles. The lowest BCUT2D eigenvalue weighted by Crippen LogP contribution is -2.19. The molecule has 2 N–H and O–H groups in total. The SMILES string of the molecule is CCC(CN)CC(=O)Cc1cc(C)nn1C. The second-order valence-corrected chi connectivity index (χ2v) is 4.33. The zero-order chi connectivity index (χ0) is 12.1. The van der Waals surface area contributed by atoms with Gasteiger partial charge in [-0.1, -0.05) is 13.3 Å². The lowest BCUT2D eigenvalue weighted by Gasteiger charge is -2.10. The minimum absolute atomic E-state index is 0.250. The molecular formula is C12H21N3O. The summed E-state index contributed by atoms with van der Waals surface area (Å²) in [6.07, 6.45) is 2.01. The van der Waals surface area contributed by atoms with Crippen molar-refractivity contribution >= 4 is 5.78 Å². The van der Waals surface area contributed by atoms with Crippen LogP contribution in [-0.4, -0.2) is 22.1 Å². The maximum atomic E-state index is 11.8. The Bertz CT molecular complexity index is 353. The van der Waals surface area contributed by atoms with Gasteiger partial charge in [-0.05, 0) is 25.5 Å². The maximum absolute atomic E-state index is 11.8. The minimum atomic E-state index is 0.250. The highest BCUT2D eigenvalue weighted by molar-refractivity contribution is 5.80. The van der Waals surface area contributed by atoms with E-state index in [1.54, 1.807) is 4.68 Å². The standard InChI is InChI=1S/C12H21N3O/c1-4-10(8-13)6-12(16)7-11-5-9(2)14-15(11)3/h5,10H,4,6-8,13H2,1-3H3. The number of aryl methyl sites for hydroxylation is 2. The van der Waals surface area contributed by atoms with Crippen molar-refractivity contribution in [3.05, 3.63) is 17.5 Å². The molecule has 1 aromatic heterocycles. The Morgan fingerprint density at radius 3 is 2.75 bits per heavy atom. The average molecular weight is 223 g/mol. The Hall–Kier alpha value is -1.16. The van der Waals surface area contributed by atoms with Crippen LogP contribution in [0.5, 0.6) is 0 Å². The first kappa shape index (κ1) is 12.9. The molecule has 0 amide bonds. The number of nitrogens with zero attached hydrogens (tertiary/aromatic N) is 2. The van der Waals surface area contributed by atoms with Gasteiger partial charge in [0.25, 0.3) is 0 Å². The fraction of sp³-hybridized carbons (Fsp3) is 0.667. The lowest BCUT2D eigenvalue weighted by atomic mass is 9.98. The molecule has 0 saturated heterocycles. The predicted octanol–water partition coefficient (Wildman–Crippen LogP) is 1.22. The van der Waals surface area contributed by atoms with Gasteiger partial charge < -0.3 is 5.73 Å². The zero-order valence-electron chi connectivity index (χ0n) is 10.4. The quantitative estimate of drug-likeness (QED) is 0.788. The molecule has 16 heavy (non-hydrogen) atoms. The van der Waals surface area contributed by atoms with Gasteiger partial charge in [-0.2, -0.15) is 5.10 Å². The summed E-state index contributed by atoms with van der Waals surface area (Å²) in [6.45, 7) is 4.59. The van der Waals surface area contributed by atoms with Crippen molar-refractivity contribution in [3.63, 3.8) is 0 Å². The van der Waals surface area contributed by atoms with E-state index in [4.69, 9.17) is 5.73 Å². The third kappa shape index (κ3) is 3.45. The van der Waals surface area contributed by atoms with Gasteiger partial charge in [0.1, 0.15) is 5.78 Å². The Morgan fingerprint density at radius 1 is 1.62 bits per heavy atom. The van der Waals surface area contributed by atoms with Gasteiger partial charge in [0.05, 0.1) is 5.69 Å². The molecule has 0 aromatic carbocycles. The third-order valence-electron chi connectivity index (χ3n) is 2.90. The molecule has 0 radical (unpaired) electrons. The third-order valence-corrected chi connectivity index (χ3v) is 2.90. The molecule has 0 saturated carbocycles. The Labute approximate surface area is 96.8 Å². The first-order valence-electron chi connectivity index (χ1n) is 5.78. The molecule has 0 aliphatic rings. The Balaban J connectivity index is 2.54. The molecular weight excluding hydrogens is 202 g/mol. The van der Waals surface area contributed by atoms with E-state index in [1.165, 1.54) is 0 Å². The molecule has 1 aromatic rings. The van der Waals surface area contributed by atoms with Crippen molar-refractivity contribution in [3.8, 4) is 0 Å². The van der Waals surface area contributed by atoms with E-state index in [0.717, 1.165) is 17.8 Å². The number of carbonyl (C=O) groups is 1. The van der Waals surface area contributed by atoms with Gasteiger partial charge in [-0.25, -0.2) is 0 Å². The van der Waals surface area contributed by atoms with Gasteiger partial charge in [0.15, 0.2) is 0 Å². The lowest BCUT2D eigenvalue weighted by molar-refractivity contribution is -0.119.